The van der Waals surface area contributed by atoms with E-state index < -0.39 is 58.6 Å². The molecule has 5 nitrogen and oxygen atoms in total. The first-order valence-electron chi connectivity index (χ1n) is 7.66. The summed E-state index contributed by atoms with van der Waals surface area (Å²) in [4.78, 5) is 11.6. The molecule has 1 aromatic rings. The number of methoxy groups -OCH3 is 1. The number of halogens is 5. The minimum absolute atomic E-state index is 0.191. The Hall–Kier alpha value is -1.59. The van der Waals surface area contributed by atoms with Gasteiger partial charge in [-0.2, -0.15) is 22.0 Å². The molecule has 1 rings (SSSR count). The predicted molar refractivity (Wildman–Crippen MR) is 88.5 cm³/mol. The lowest BCUT2D eigenvalue weighted by molar-refractivity contribution is -0.141. The fourth-order valence-electron chi connectivity index (χ4n) is 1.94. The third kappa shape index (κ3) is 7.51. The van der Waals surface area contributed by atoms with Crippen LogP contribution in [0.2, 0.25) is 0 Å². The molecule has 0 fully saturated rings. The number of hydrogen-bond donors (Lipinski definition) is 1. The van der Waals surface area contributed by atoms with Gasteiger partial charge in [-0.1, -0.05) is 0 Å². The molecule has 0 radical (unpaired) electrons. The van der Waals surface area contributed by atoms with Gasteiger partial charge in [0.15, 0.2) is 0 Å². The number of hydrogen-bond acceptors (Lipinski definition) is 5. The minimum atomic E-state index is -4.84. The third-order valence-electron chi connectivity index (χ3n) is 3.29. The lowest BCUT2D eigenvalue weighted by Gasteiger charge is -2.28. The highest BCUT2D eigenvalue weighted by Crippen LogP contribution is 2.35. The van der Waals surface area contributed by atoms with Gasteiger partial charge in [0.05, 0.1) is 25.1 Å². The number of esters is 1. The number of carbonyl (C=O) groups is 1. The first-order chi connectivity index (χ1) is 12.2. The zero-order chi connectivity index (χ0) is 21.0. The summed E-state index contributed by atoms with van der Waals surface area (Å²) in [5.74, 6) is -1.51. The van der Waals surface area contributed by atoms with Crippen LogP contribution < -0.4 is 9.46 Å². The number of benzene rings is 1. The molecule has 1 aromatic carbocycles. The Morgan fingerprint density at radius 1 is 1.22 bits per heavy atom. The standard InChI is InChI=1S/C16H20F5NO4S/c1-15(2,3)27(24)22-12(8-13(23)25-4)9-5-10(16(19,20)21)7-11(6-9)26-14(17)18/h5-7,12,14,22H,8H2,1-4H3/t12-,27+/m0/s1. The first-order valence-corrected chi connectivity index (χ1v) is 8.81. The SMILES string of the molecule is COC(=O)C[C@H](N[S@+]([O-])C(C)(C)C)c1cc(OC(F)F)cc(C(F)(F)F)c1. The summed E-state index contributed by atoms with van der Waals surface area (Å²) in [6, 6.07) is 0.853. The van der Waals surface area contributed by atoms with Crippen LogP contribution in [0, 0.1) is 0 Å². The minimum Gasteiger partial charge on any atom is -0.598 e. The molecule has 11 heteroatoms. The van der Waals surface area contributed by atoms with Crippen LogP contribution in [0.25, 0.3) is 0 Å². The fourth-order valence-corrected chi connectivity index (χ4v) is 2.77. The fraction of sp³-hybridized carbons (Fsp3) is 0.562. The van der Waals surface area contributed by atoms with E-state index in [2.05, 4.69) is 14.2 Å². The quantitative estimate of drug-likeness (QED) is 0.413. The van der Waals surface area contributed by atoms with Gasteiger partial charge < -0.3 is 14.0 Å². The molecule has 0 aliphatic heterocycles. The van der Waals surface area contributed by atoms with Gasteiger partial charge in [0.2, 0.25) is 0 Å². The summed E-state index contributed by atoms with van der Waals surface area (Å²) in [5, 5.41) is 0. The predicted octanol–water partition coefficient (Wildman–Crippen LogP) is 3.96. The summed E-state index contributed by atoms with van der Waals surface area (Å²) in [6.45, 7) is 1.51. The van der Waals surface area contributed by atoms with Crippen molar-refractivity contribution in [2.75, 3.05) is 7.11 Å². The Labute approximate surface area is 156 Å². The summed E-state index contributed by atoms with van der Waals surface area (Å²) in [7, 11) is 1.08. The van der Waals surface area contributed by atoms with Crippen molar-refractivity contribution < 1.29 is 40.8 Å². The van der Waals surface area contributed by atoms with Crippen molar-refractivity contribution >= 4 is 17.3 Å². The highest BCUT2D eigenvalue weighted by atomic mass is 32.2. The average molecular weight is 417 g/mol. The van der Waals surface area contributed by atoms with Crippen LogP contribution in [-0.4, -0.2) is 29.0 Å². The van der Waals surface area contributed by atoms with E-state index in [1.807, 2.05) is 0 Å². The second-order valence-electron chi connectivity index (χ2n) is 6.50. The number of ether oxygens (including phenoxy) is 2. The van der Waals surface area contributed by atoms with Crippen molar-refractivity contribution in [1.82, 2.24) is 4.72 Å². The molecule has 0 aliphatic carbocycles. The van der Waals surface area contributed by atoms with Gasteiger partial charge in [0.1, 0.15) is 10.5 Å². The number of rotatable bonds is 7. The van der Waals surface area contributed by atoms with Crippen LogP contribution >= 0.6 is 0 Å². The highest BCUT2D eigenvalue weighted by molar-refractivity contribution is 7.90. The molecule has 0 bridgehead atoms. The summed E-state index contributed by atoms with van der Waals surface area (Å²) in [6.07, 6.45) is -5.30. The molecule has 27 heavy (non-hydrogen) atoms. The maximum Gasteiger partial charge on any atom is 0.416 e. The van der Waals surface area contributed by atoms with Crippen LogP contribution in [0.4, 0.5) is 22.0 Å². The van der Waals surface area contributed by atoms with Gasteiger partial charge in [-0.15, -0.1) is 4.72 Å². The number of nitrogens with one attached hydrogen (secondary N) is 1. The Bertz CT molecular complexity index is 649. The average Bonchev–Trinajstić information content (AvgIpc) is 2.51. The van der Waals surface area contributed by atoms with E-state index in [9.17, 15) is 31.3 Å². The normalized spacial score (nSPS) is 14.8. The van der Waals surface area contributed by atoms with Gasteiger partial charge in [0, 0.05) is 11.4 Å². The topological polar surface area (TPSA) is 70.6 Å². The highest BCUT2D eigenvalue weighted by Gasteiger charge is 2.35. The molecule has 1 N–H and O–H groups in total. The number of carbonyl (C=O) groups excluding carboxylic acids is 1. The summed E-state index contributed by atoms with van der Waals surface area (Å²) < 4.78 is 87.0. The van der Waals surface area contributed by atoms with Crippen LogP contribution in [0.3, 0.4) is 0 Å². The third-order valence-corrected chi connectivity index (χ3v) is 4.90. The second-order valence-corrected chi connectivity index (χ2v) is 8.50. The van der Waals surface area contributed by atoms with Gasteiger partial charge >= 0.3 is 18.8 Å². The number of alkyl halides is 5. The first kappa shape index (κ1) is 23.4. The molecule has 0 saturated heterocycles. The molecule has 0 heterocycles. The molecule has 0 saturated carbocycles. The van der Waals surface area contributed by atoms with Gasteiger partial charge in [-0.05, 0) is 44.5 Å². The zero-order valence-corrected chi connectivity index (χ0v) is 15.8. The molecular formula is C16H20F5NO4S. The zero-order valence-electron chi connectivity index (χ0n) is 15.0. The van der Waals surface area contributed by atoms with Crippen molar-refractivity contribution in [2.24, 2.45) is 0 Å². The molecule has 0 aliphatic rings. The monoisotopic (exact) mass is 417 g/mol. The Kier molecular flexibility index (Phi) is 7.87. The summed E-state index contributed by atoms with van der Waals surface area (Å²) in [5.41, 5.74) is -1.43. The lowest BCUT2D eigenvalue weighted by atomic mass is 10.0. The molecule has 0 amide bonds. The van der Waals surface area contributed by atoms with Crippen LogP contribution in [0.1, 0.15) is 44.4 Å². The molecule has 154 valence electrons. The van der Waals surface area contributed by atoms with Gasteiger partial charge in [0.25, 0.3) is 0 Å². The van der Waals surface area contributed by atoms with Crippen LogP contribution in [-0.2, 0) is 27.1 Å². The summed E-state index contributed by atoms with van der Waals surface area (Å²) >= 11 is -1.76. The van der Waals surface area contributed by atoms with Crippen LogP contribution in [0.5, 0.6) is 5.75 Å². The Morgan fingerprint density at radius 3 is 2.26 bits per heavy atom. The molecule has 2 atom stereocenters. The molecule has 0 unspecified atom stereocenters. The van der Waals surface area contributed by atoms with Gasteiger partial charge in [-0.3, -0.25) is 4.79 Å². The molecule has 0 aromatic heterocycles. The second kappa shape index (κ2) is 9.07. The van der Waals surface area contributed by atoms with E-state index in [-0.39, 0.29) is 5.56 Å². The maximum absolute atomic E-state index is 13.1. The van der Waals surface area contributed by atoms with E-state index in [1.165, 1.54) is 0 Å². The lowest BCUT2D eigenvalue weighted by Crippen LogP contribution is -2.42. The van der Waals surface area contributed by atoms with Crippen molar-refractivity contribution in [1.29, 1.82) is 0 Å². The Balaban J connectivity index is 3.38. The smallest absolute Gasteiger partial charge is 0.416 e. The van der Waals surface area contributed by atoms with E-state index >= 15 is 0 Å². The van der Waals surface area contributed by atoms with Crippen molar-refractivity contribution in [3.05, 3.63) is 29.3 Å². The van der Waals surface area contributed by atoms with Crippen molar-refractivity contribution in [3.8, 4) is 5.75 Å². The largest absolute Gasteiger partial charge is 0.598 e. The Morgan fingerprint density at radius 2 is 1.81 bits per heavy atom. The van der Waals surface area contributed by atoms with E-state index in [1.54, 1.807) is 20.8 Å². The van der Waals surface area contributed by atoms with Crippen molar-refractivity contribution in [3.63, 3.8) is 0 Å². The van der Waals surface area contributed by atoms with Crippen LogP contribution in [0.15, 0.2) is 18.2 Å². The molecule has 0 spiro atoms. The van der Waals surface area contributed by atoms with E-state index in [0.717, 1.165) is 13.2 Å². The van der Waals surface area contributed by atoms with E-state index in [0.29, 0.717) is 12.1 Å². The molecular weight excluding hydrogens is 397 g/mol. The van der Waals surface area contributed by atoms with Gasteiger partial charge in [-0.25, -0.2) is 0 Å². The maximum atomic E-state index is 13.1. The van der Waals surface area contributed by atoms with E-state index in [4.69, 9.17) is 0 Å². The van der Waals surface area contributed by atoms with Crippen molar-refractivity contribution in [2.45, 2.75) is 50.8 Å².